The molecule has 0 saturated heterocycles. The van der Waals surface area contributed by atoms with E-state index in [0.717, 1.165) is 12.8 Å². The fourth-order valence-electron chi connectivity index (χ4n) is 1.83. The molecule has 0 aromatic carbocycles. The van der Waals surface area contributed by atoms with E-state index in [1.54, 1.807) is 0 Å². The minimum Gasteiger partial charge on any atom is -0.335 e. The molecule has 0 heterocycles. The molecule has 0 spiro atoms. The van der Waals surface area contributed by atoms with E-state index in [0.29, 0.717) is 12.6 Å². The predicted octanol–water partition coefficient (Wildman–Crippen LogP) is 1.36. The third-order valence-corrected chi connectivity index (χ3v) is 2.90. The lowest BCUT2D eigenvalue weighted by atomic mass is 9.96. The van der Waals surface area contributed by atoms with Gasteiger partial charge in [0.15, 0.2) is 0 Å². The van der Waals surface area contributed by atoms with Gasteiger partial charge in [-0.05, 0) is 26.7 Å². The van der Waals surface area contributed by atoms with Gasteiger partial charge >= 0.3 is 6.03 Å². The highest BCUT2D eigenvalue weighted by Gasteiger charge is 2.21. The first-order chi connectivity index (χ1) is 7.03. The number of hydrogen-bond donors (Lipinski definition) is 3. The average Bonchev–Trinajstić information content (AvgIpc) is 2.18. The van der Waals surface area contributed by atoms with Crippen molar-refractivity contribution < 1.29 is 4.79 Å². The SMILES string of the molecule is CC(C)(CN)NC(=O)NC1CCCCC1. The first kappa shape index (κ1) is 12.3. The van der Waals surface area contributed by atoms with Crippen molar-refractivity contribution in [3.05, 3.63) is 0 Å². The van der Waals surface area contributed by atoms with Crippen LogP contribution in [0, 0.1) is 0 Å². The molecule has 0 unspecified atom stereocenters. The van der Waals surface area contributed by atoms with Crippen LogP contribution in [0.1, 0.15) is 46.0 Å². The highest BCUT2D eigenvalue weighted by atomic mass is 16.2. The van der Waals surface area contributed by atoms with Gasteiger partial charge < -0.3 is 16.4 Å². The number of carbonyl (C=O) groups is 1. The van der Waals surface area contributed by atoms with Crippen LogP contribution in [0.25, 0.3) is 0 Å². The summed E-state index contributed by atoms with van der Waals surface area (Å²) in [5.74, 6) is 0. The number of nitrogens with two attached hydrogens (primary N) is 1. The van der Waals surface area contributed by atoms with Crippen molar-refractivity contribution in [2.75, 3.05) is 6.54 Å². The van der Waals surface area contributed by atoms with E-state index < -0.39 is 0 Å². The Hall–Kier alpha value is -0.770. The summed E-state index contributed by atoms with van der Waals surface area (Å²) in [5.41, 5.74) is 5.22. The minimum atomic E-state index is -0.321. The molecule has 0 aromatic heterocycles. The second kappa shape index (κ2) is 5.35. The van der Waals surface area contributed by atoms with Crippen LogP contribution in [0.15, 0.2) is 0 Å². The summed E-state index contributed by atoms with van der Waals surface area (Å²) in [6.45, 7) is 4.30. The van der Waals surface area contributed by atoms with Crippen LogP contribution >= 0.6 is 0 Å². The van der Waals surface area contributed by atoms with Crippen LogP contribution in [0.4, 0.5) is 4.79 Å². The minimum absolute atomic E-state index is 0.0858. The summed E-state index contributed by atoms with van der Waals surface area (Å²) >= 11 is 0. The Bertz CT molecular complexity index is 210. The zero-order valence-corrected chi connectivity index (χ0v) is 9.81. The fourth-order valence-corrected chi connectivity index (χ4v) is 1.83. The second-order valence-electron chi connectivity index (χ2n) is 5.02. The Morgan fingerprint density at radius 3 is 2.47 bits per heavy atom. The van der Waals surface area contributed by atoms with E-state index in [-0.39, 0.29) is 11.6 Å². The largest absolute Gasteiger partial charge is 0.335 e. The van der Waals surface area contributed by atoms with Crippen molar-refractivity contribution in [1.82, 2.24) is 10.6 Å². The molecular formula is C11H23N3O. The number of rotatable bonds is 3. The number of hydrogen-bond acceptors (Lipinski definition) is 2. The summed E-state index contributed by atoms with van der Waals surface area (Å²) in [5, 5.41) is 5.88. The molecule has 1 rings (SSSR count). The van der Waals surface area contributed by atoms with Crippen LogP contribution in [-0.4, -0.2) is 24.2 Å². The first-order valence-electron chi connectivity index (χ1n) is 5.82. The zero-order chi connectivity index (χ0) is 11.3. The smallest absolute Gasteiger partial charge is 0.315 e. The van der Waals surface area contributed by atoms with Crippen LogP contribution < -0.4 is 16.4 Å². The molecule has 4 heteroatoms. The number of carbonyl (C=O) groups excluding carboxylic acids is 1. The molecule has 88 valence electrons. The first-order valence-corrected chi connectivity index (χ1v) is 5.82. The van der Waals surface area contributed by atoms with Gasteiger partial charge in [0.25, 0.3) is 0 Å². The Morgan fingerprint density at radius 1 is 1.33 bits per heavy atom. The predicted molar refractivity (Wildman–Crippen MR) is 61.7 cm³/mol. The standard InChI is InChI=1S/C11H23N3O/c1-11(2,8-12)14-10(15)13-9-6-4-3-5-7-9/h9H,3-8,12H2,1-2H3,(H2,13,14,15). The van der Waals surface area contributed by atoms with Gasteiger partial charge in [-0.1, -0.05) is 19.3 Å². The van der Waals surface area contributed by atoms with Crippen molar-refractivity contribution in [2.45, 2.75) is 57.5 Å². The lowest BCUT2D eigenvalue weighted by Gasteiger charge is -2.28. The summed E-state index contributed by atoms with van der Waals surface area (Å²) in [6.07, 6.45) is 5.97. The van der Waals surface area contributed by atoms with E-state index in [4.69, 9.17) is 5.73 Å². The Balaban J connectivity index is 2.28. The molecule has 1 fully saturated rings. The van der Waals surface area contributed by atoms with E-state index in [9.17, 15) is 4.79 Å². The lowest BCUT2D eigenvalue weighted by Crippen LogP contribution is -2.54. The highest BCUT2D eigenvalue weighted by molar-refractivity contribution is 5.75. The van der Waals surface area contributed by atoms with E-state index in [1.165, 1.54) is 19.3 Å². The molecule has 0 aromatic rings. The van der Waals surface area contributed by atoms with E-state index in [2.05, 4.69) is 10.6 Å². The molecule has 15 heavy (non-hydrogen) atoms. The highest BCUT2D eigenvalue weighted by Crippen LogP contribution is 2.17. The van der Waals surface area contributed by atoms with Gasteiger partial charge in [-0.25, -0.2) is 4.79 Å². The average molecular weight is 213 g/mol. The normalized spacial score (nSPS) is 18.6. The Labute approximate surface area is 92.0 Å². The summed E-state index contributed by atoms with van der Waals surface area (Å²) in [7, 11) is 0. The summed E-state index contributed by atoms with van der Waals surface area (Å²) in [6, 6.07) is 0.268. The van der Waals surface area contributed by atoms with Gasteiger partial charge in [0.1, 0.15) is 0 Å². The Morgan fingerprint density at radius 2 is 1.93 bits per heavy atom. The van der Waals surface area contributed by atoms with Crippen LogP contribution in [-0.2, 0) is 0 Å². The topological polar surface area (TPSA) is 67.1 Å². The molecule has 0 atom stereocenters. The van der Waals surface area contributed by atoms with Gasteiger partial charge in [0.05, 0.1) is 0 Å². The molecule has 1 saturated carbocycles. The van der Waals surface area contributed by atoms with Crippen molar-refractivity contribution in [3.63, 3.8) is 0 Å². The van der Waals surface area contributed by atoms with Gasteiger partial charge in [0.2, 0.25) is 0 Å². The van der Waals surface area contributed by atoms with Crippen LogP contribution in [0.2, 0.25) is 0 Å². The van der Waals surface area contributed by atoms with Crippen LogP contribution in [0.5, 0.6) is 0 Å². The summed E-state index contributed by atoms with van der Waals surface area (Å²) in [4.78, 5) is 11.6. The van der Waals surface area contributed by atoms with Crippen LogP contribution in [0.3, 0.4) is 0 Å². The maximum absolute atomic E-state index is 11.6. The molecule has 0 aliphatic heterocycles. The fraction of sp³-hybridized carbons (Fsp3) is 0.909. The maximum atomic E-state index is 11.6. The van der Waals surface area contributed by atoms with Crippen molar-refractivity contribution in [2.24, 2.45) is 5.73 Å². The zero-order valence-electron chi connectivity index (χ0n) is 9.81. The molecule has 4 nitrogen and oxygen atoms in total. The number of amides is 2. The summed E-state index contributed by atoms with van der Waals surface area (Å²) < 4.78 is 0. The second-order valence-corrected chi connectivity index (χ2v) is 5.02. The third kappa shape index (κ3) is 4.51. The molecule has 2 amide bonds. The van der Waals surface area contributed by atoms with Crippen molar-refractivity contribution in [1.29, 1.82) is 0 Å². The van der Waals surface area contributed by atoms with Crippen molar-refractivity contribution in [3.8, 4) is 0 Å². The van der Waals surface area contributed by atoms with Gasteiger partial charge in [-0.2, -0.15) is 0 Å². The lowest BCUT2D eigenvalue weighted by molar-refractivity contribution is 0.222. The molecule has 1 aliphatic carbocycles. The van der Waals surface area contributed by atoms with E-state index in [1.807, 2.05) is 13.8 Å². The molecule has 4 N–H and O–H groups in total. The van der Waals surface area contributed by atoms with Gasteiger partial charge in [-0.3, -0.25) is 0 Å². The molecule has 1 aliphatic rings. The van der Waals surface area contributed by atoms with Gasteiger partial charge in [0, 0.05) is 18.1 Å². The number of urea groups is 1. The van der Waals surface area contributed by atoms with Crippen molar-refractivity contribution >= 4 is 6.03 Å². The Kier molecular flexibility index (Phi) is 4.39. The molecular weight excluding hydrogens is 190 g/mol. The van der Waals surface area contributed by atoms with Gasteiger partial charge in [-0.15, -0.1) is 0 Å². The number of nitrogens with one attached hydrogen (secondary N) is 2. The monoisotopic (exact) mass is 213 g/mol. The quantitative estimate of drug-likeness (QED) is 0.662. The maximum Gasteiger partial charge on any atom is 0.315 e. The molecule has 0 radical (unpaired) electrons. The third-order valence-electron chi connectivity index (χ3n) is 2.90. The van der Waals surface area contributed by atoms with E-state index >= 15 is 0 Å². The molecule has 0 bridgehead atoms.